The maximum absolute atomic E-state index is 8.82. The SMILES string of the molecule is [2H]c1c([2H])[n+](C)c(-c2cc(C3CCCC3)cc(C3CCCC3)c2C)c2ccc(CC(C)C)cc12. The lowest BCUT2D eigenvalue weighted by Crippen LogP contribution is -2.31. The van der Waals surface area contributed by atoms with Crippen molar-refractivity contribution < 1.29 is 7.31 Å². The normalized spacial score (nSPS) is 18.7. The predicted molar refractivity (Wildman–Crippen MR) is 136 cm³/mol. The summed E-state index contributed by atoms with van der Waals surface area (Å²) in [5.74, 6) is 1.90. The fourth-order valence-corrected chi connectivity index (χ4v) is 6.37. The lowest BCUT2D eigenvalue weighted by atomic mass is 9.83. The van der Waals surface area contributed by atoms with Crippen molar-refractivity contribution in [3.05, 3.63) is 64.8 Å². The van der Waals surface area contributed by atoms with Gasteiger partial charge in [-0.15, -0.1) is 0 Å². The van der Waals surface area contributed by atoms with Crippen LogP contribution in [0.5, 0.6) is 0 Å². The Balaban J connectivity index is 1.76. The fraction of sp³-hybridized carbons (Fsp3) is 0.516. The topological polar surface area (TPSA) is 3.88 Å². The molecule has 0 atom stereocenters. The maximum Gasteiger partial charge on any atom is 0.220 e. The molecule has 1 aromatic heterocycles. The van der Waals surface area contributed by atoms with Crippen molar-refractivity contribution in [3.8, 4) is 11.3 Å². The summed E-state index contributed by atoms with van der Waals surface area (Å²) in [7, 11) is 1.98. The molecule has 0 bridgehead atoms. The Morgan fingerprint density at radius 1 is 0.969 bits per heavy atom. The van der Waals surface area contributed by atoms with Crippen LogP contribution in [-0.2, 0) is 13.5 Å². The first-order valence-corrected chi connectivity index (χ1v) is 12.9. The van der Waals surface area contributed by atoms with Gasteiger partial charge in [0, 0.05) is 6.04 Å². The standard InChI is InChI=1S/C31H40N/c1-21(2)17-23-13-14-28-26(18-23)15-16-32(4)31(28)30-20-27(24-9-5-6-10-24)19-29(22(30)3)25-11-7-8-12-25/h13-16,18-21,24-25H,5-12,17H2,1-4H3/q+1/i15D,16D. The second-order valence-electron chi connectivity index (χ2n) is 10.9. The second kappa shape index (κ2) is 9.00. The summed E-state index contributed by atoms with van der Waals surface area (Å²) in [4.78, 5) is 0. The molecule has 1 heteroatoms. The highest BCUT2D eigenvalue weighted by Crippen LogP contribution is 2.43. The summed E-state index contributed by atoms with van der Waals surface area (Å²) in [5, 5.41) is 2.03. The van der Waals surface area contributed by atoms with Gasteiger partial charge in [-0.2, -0.15) is 0 Å². The van der Waals surface area contributed by atoms with Gasteiger partial charge in [-0.1, -0.05) is 57.7 Å². The molecule has 168 valence electrons. The van der Waals surface area contributed by atoms with E-state index in [1.807, 2.05) is 11.6 Å². The average molecular weight is 429 g/mol. The molecule has 1 nitrogen and oxygen atoms in total. The second-order valence-corrected chi connectivity index (χ2v) is 10.9. The van der Waals surface area contributed by atoms with Crippen LogP contribution in [0.4, 0.5) is 0 Å². The van der Waals surface area contributed by atoms with E-state index in [-0.39, 0.29) is 0 Å². The summed E-state index contributed by atoms with van der Waals surface area (Å²) < 4.78 is 19.5. The molecule has 32 heavy (non-hydrogen) atoms. The largest absolute Gasteiger partial charge is 0.220 e. The van der Waals surface area contributed by atoms with Gasteiger partial charge in [-0.3, -0.25) is 0 Å². The van der Waals surface area contributed by atoms with Crippen LogP contribution in [0.2, 0.25) is 0 Å². The number of benzene rings is 2. The minimum atomic E-state index is 0.303. The van der Waals surface area contributed by atoms with E-state index in [4.69, 9.17) is 2.74 Å². The fourth-order valence-electron chi connectivity index (χ4n) is 6.37. The molecular weight excluding hydrogens is 386 g/mol. The van der Waals surface area contributed by atoms with Gasteiger partial charge in [0.25, 0.3) is 0 Å². The molecule has 0 amide bonds. The van der Waals surface area contributed by atoms with E-state index >= 15 is 0 Å². The molecule has 0 radical (unpaired) electrons. The molecule has 2 aromatic carbocycles. The van der Waals surface area contributed by atoms with Crippen molar-refractivity contribution in [1.29, 1.82) is 0 Å². The molecule has 2 aliphatic carbocycles. The molecule has 2 aliphatic rings. The Labute approximate surface area is 197 Å². The van der Waals surface area contributed by atoms with E-state index in [2.05, 4.69) is 51.1 Å². The van der Waals surface area contributed by atoms with Crippen LogP contribution in [0.25, 0.3) is 22.0 Å². The molecule has 0 N–H and O–H groups in total. The Morgan fingerprint density at radius 3 is 2.34 bits per heavy atom. The Hall–Kier alpha value is -2.15. The van der Waals surface area contributed by atoms with Gasteiger partial charge in [0.1, 0.15) is 8.42 Å². The molecule has 0 spiro atoms. The maximum atomic E-state index is 8.82. The molecule has 2 fully saturated rings. The lowest BCUT2D eigenvalue weighted by Gasteiger charge is -2.21. The molecule has 0 unspecified atom stereocenters. The number of nitrogens with zero attached hydrogens (tertiary/aromatic N) is 1. The van der Waals surface area contributed by atoms with Crippen LogP contribution in [-0.4, -0.2) is 0 Å². The van der Waals surface area contributed by atoms with Crippen LogP contribution < -0.4 is 4.57 Å². The van der Waals surface area contributed by atoms with Gasteiger partial charge in [0.15, 0.2) is 6.17 Å². The molecule has 1 heterocycles. The van der Waals surface area contributed by atoms with E-state index in [9.17, 15) is 0 Å². The lowest BCUT2D eigenvalue weighted by molar-refractivity contribution is -0.659. The molecular formula is C31H40N+. The first kappa shape index (κ1) is 19.3. The number of rotatable bonds is 5. The monoisotopic (exact) mass is 428 g/mol. The van der Waals surface area contributed by atoms with E-state index in [0.717, 1.165) is 22.9 Å². The first-order valence-electron chi connectivity index (χ1n) is 13.9. The van der Waals surface area contributed by atoms with E-state index in [0.29, 0.717) is 30.0 Å². The van der Waals surface area contributed by atoms with E-state index in [1.165, 1.54) is 73.6 Å². The van der Waals surface area contributed by atoms with Crippen LogP contribution in [0, 0.1) is 12.8 Å². The van der Waals surface area contributed by atoms with Crippen molar-refractivity contribution in [1.82, 2.24) is 0 Å². The third-order valence-electron chi connectivity index (χ3n) is 8.02. The Morgan fingerprint density at radius 2 is 1.66 bits per heavy atom. The summed E-state index contributed by atoms with van der Waals surface area (Å²) in [5.41, 5.74) is 8.09. The van der Waals surface area contributed by atoms with Gasteiger partial charge >= 0.3 is 0 Å². The molecule has 0 saturated heterocycles. The van der Waals surface area contributed by atoms with E-state index in [1.54, 1.807) is 5.56 Å². The zero-order valence-electron chi connectivity index (χ0n) is 22.4. The van der Waals surface area contributed by atoms with Crippen molar-refractivity contribution in [2.45, 2.75) is 90.4 Å². The molecule has 5 rings (SSSR count). The van der Waals surface area contributed by atoms with Gasteiger partial charge < -0.3 is 0 Å². The highest BCUT2D eigenvalue weighted by atomic mass is 14.9. The number of pyridine rings is 1. The summed E-state index contributed by atoms with van der Waals surface area (Å²) in [6.07, 6.45) is 11.9. The van der Waals surface area contributed by atoms with Crippen molar-refractivity contribution in [2.24, 2.45) is 13.0 Å². The van der Waals surface area contributed by atoms with Gasteiger partial charge in [0.2, 0.25) is 5.69 Å². The summed E-state index contributed by atoms with van der Waals surface area (Å²) in [6, 6.07) is 12.0. The quantitative estimate of drug-likeness (QED) is 0.361. The molecule has 0 aliphatic heterocycles. The van der Waals surface area contributed by atoms with Gasteiger partial charge in [-0.05, 0) is 96.6 Å². The van der Waals surface area contributed by atoms with Crippen LogP contribution in [0.15, 0.2) is 42.5 Å². The first-order chi connectivity index (χ1) is 16.3. The number of hydrogen-bond donors (Lipinski definition) is 0. The third-order valence-corrected chi connectivity index (χ3v) is 8.02. The minimum Gasteiger partial charge on any atom is -0.200 e. The molecule has 2 saturated carbocycles. The highest BCUT2D eigenvalue weighted by molar-refractivity contribution is 5.94. The zero-order chi connectivity index (χ0) is 24.0. The minimum absolute atomic E-state index is 0.303. The van der Waals surface area contributed by atoms with Gasteiger partial charge in [0.05, 0.1) is 12.3 Å². The highest BCUT2D eigenvalue weighted by Gasteiger charge is 2.27. The Bertz CT molecular complexity index is 1210. The predicted octanol–water partition coefficient (Wildman–Crippen LogP) is 8.15. The van der Waals surface area contributed by atoms with Crippen molar-refractivity contribution in [3.63, 3.8) is 0 Å². The summed E-state index contributed by atoms with van der Waals surface area (Å²) in [6.45, 7) is 6.78. The van der Waals surface area contributed by atoms with Crippen molar-refractivity contribution >= 4 is 10.8 Å². The van der Waals surface area contributed by atoms with E-state index < -0.39 is 0 Å². The Kier molecular flexibility index (Phi) is 5.44. The number of hydrogen-bond acceptors (Lipinski definition) is 0. The third kappa shape index (κ3) is 4.12. The van der Waals surface area contributed by atoms with Crippen LogP contribution in [0.1, 0.15) is 102 Å². The smallest absolute Gasteiger partial charge is 0.200 e. The van der Waals surface area contributed by atoms with Crippen LogP contribution in [0.3, 0.4) is 0 Å². The number of aromatic nitrogens is 1. The molecule has 3 aromatic rings. The zero-order valence-corrected chi connectivity index (χ0v) is 20.4. The number of fused-ring (bicyclic) bond motifs is 1. The van der Waals surface area contributed by atoms with Crippen molar-refractivity contribution in [2.75, 3.05) is 0 Å². The van der Waals surface area contributed by atoms with Crippen LogP contribution >= 0.6 is 0 Å². The average Bonchev–Trinajstić information content (AvgIpc) is 3.53. The summed E-state index contributed by atoms with van der Waals surface area (Å²) >= 11 is 0. The van der Waals surface area contributed by atoms with Gasteiger partial charge in [-0.25, -0.2) is 4.57 Å².